The molecule has 1 aromatic carbocycles. The van der Waals surface area contributed by atoms with Gasteiger partial charge in [0, 0.05) is 49.9 Å². The molecule has 3 rings (SSSR count). The third kappa shape index (κ3) is 5.30. The van der Waals surface area contributed by atoms with Crippen molar-refractivity contribution in [2.45, 2.75) is 6.54 Å². The Labute approximate surface area is 146 Å². The summed E-state index contributed by atoms with van der Waals surface area (Å²) in [7, 11) is 0. The first-order valence-corrected chi connectivity index (χ1v) is 8.82. The number of pyridine rings is 1. The van der Waals surface area contributed by atoms with Gasteiger partial charge in [0.05, 0.1) is 5.69 Å². The summed E-state index contributed by atoms with van der Waals surface area (Å²) in [6.45, 7) is 7.02. The van der Waals surface area contributed by atoms with Crippen molar-refractivity contribution in [3.05, 3.63) is 58.8 Å². The molecule has 0 radical (unpaired) electrons. The Morgan fingerprint density at radius 1 is 1.00 bits per heavy atom. The quantitative estimate of drug-likeness (QED) is 0.775. The predicted octanol–water partition coefficient (Wildman–Crippen LogP) is 3.04. The van der Waals surface area contributed by atoms with E-state index in [4.69, 9.17) is 4.74 Å². The first kappa shape index (κ1) is 16.4. The van der Waals surface area contributed by atoms with Gasteiger partial charge in [-0.2, -0.15) is 0 Å². The number of aromatic nitrogens is 1. The number of benzene rings is 1. The normalized spacial score (nSPS) is 16.4. The van der Waals surface area contributed by atoms with E-state index in [0.717, 1.165) is 61.8 Å². The maximum Gasteiger partial charge on any atom is 0.120 e. The molecule has 23 heavy (non-hydrogen) atoms. The highest BCUT2D eigenvalue weighted by Crippen LogP contribution is 2.17. The fourth-order valence-electron chi connectivity index (χ4n) is 2.74. The lowest BCUT2D eigenvalue weighted by Crippen LogP contribution is -2.47. The van der Waals surface area contributed by atoms with E-state index in [0.29, 0.717) is 0 Å². The van der Waals surface area contributed by atoms with Crippen LogP contribution in [0.25, 0.3) is 0 Å². The molecule has 122 valence electrons. The van der Waals surface area contributed by atoms with E-state index < -0.39 is 0 Å². The number of hydrogen-bond donors (Lipinski definition) is 0. The van der Waals surface area contributed by atoms with Crippen LogP contribution in [0.3, 0.4) is 0 Å². The molecule has 0 atom stereocenters. The van der Waals surface area contributed by atoms with Crippen LogP contribution in [0.1, 0.15) is 5.69 Å². The fraction of sp³-hybridized carbons (Fsp3) is 0.389. The van der Waals surface area contributed by atoms with Crippen LogP contribution < -0.4 is 4.74 Å². The Bertz CT molecular complexity index is 600. The second kappa shape index (κ2) is 8.43. The van der Waals surface area contributed by atoms with Crippen molar-refractivity contribution in [1.82, 2.24) is 14.8 Å². The summed E-state index contributed by atoms with van der Waals surface area (Å²) >= 11 is 3.46. The van der Waals surface area contributed by atoms with Crippen molar-refractivity contribution in [2.75, 3.05) is 39.3 Å². The van der Waals surface area contributed by atoms with Crippen LogP contribution >= 0.6 is 15.9 Å². The molecule has 2 aromatic rings. The van der Waals surface area contributed by atoms with Crippen LogP contribution in [-0.4, -0.2) is 54.1 Å². The van der Waals surface area contributed by atoms with Gasteiger partial charge in [-0.3, -0.25) is 14.8 Å². The zero-order chi connectivity index (χ0) is 15.9. The van der Waals surface area contributed by atoms with Crippen LogP contribution in [-0.2, 0) is 6.54 Å². The summed E-state index contributed by atoms with van der Waals surface area (Å²) in [6.07, 6.45) is 1.87. The molecule has 1 aliphatic heterocycles. The van der Waals surface area contributed by atoms with E-state index in [1.165, 1.54) is 0 Å². The molecule has 0 N–H and O–H groups in total. The van der Waals surface area contributed by atoms with Crippen molar-refractivity contribution in [3.8, 4) is 5.75 Å². The summed E-state index contributed by atoms with van der Waals surface area (Å²) in [5.41, 5.74) is 1.15. The van der Waals surface area contributed by atoms with Crippen molar-refractivity contribution < 1.29 is 4.74 Å². The number of piperazine rings is 1. The Morgan fingerprint density at radius 2 is 1.83 bits per heavy atom. The molecular weight excluding hydrogens is 354 g/mol. The van der Waals surface area contributed by atoms with Gasteiger partial charge in [-0.05, 0) is 30.3 Å². The van der Waals surface area contributed by atoms with E-state index in [1.807, 2.05) is 36.5 Å². The maximum atomic E-state index is 5.82. The van der Waals surface area contributed by atoms with Gasteiger partial charge in [0.2, 0.25) is 0 Å². The minimum atomic E-state index is 0.733. The van der Waals surface area contributed by atoms with Crippen LogP contribution in [0.15, 0.2) is 53.1 Å². The van der Waals surface area contributed by atoms with E-state index in [9.17, 15) is 0 Å². The second-order valence-electron chi connectivity index (χ2n) is 5.74. The fourth-order valence-corrected chi connectivity index (χ4v) is 3.12. The Morgan fingerprint density at radius 3 is 2.57 bits per heavy atom. The number of ether oxygens (including phenoxy) is 1. The van der Waals surface area contributed by atoms with E-state index in [1.54, 1.807) is 0 Å². The van der Waals surface area contributed by atoms with Gasteiger partial charge < -0.3 is 4.74 Å². The first-order chi connectivity index (χ1) is 11.3. The van der Waals surface area contributed by atoms with Gasteiger partial charge in [0.25, 0.3) is 0 Å². The summed E-state index contributed by atoms with van der Waals surface area (Å²) in [5.74, 6) is 0.924. The zero-order valence-electron chi connectivity index (χ0n) is 13.2. The molecule has 5 heteroatoms. The molecule has 4 nitrogen and oxygen atoms in total. The Kier molecular flexibility index (Phi) is 6.02. The largest absolute Gasteiger partial charge is 0.492 e. The van der Waals surface area contributed by atoms with Gasteiger partial charge in [-0.15, -0.1) is 0 Å². The highest BCUT2D eigenvalue weighted by atomic mass is 79.9. The molecule has 1 fully saturated rings. The molecule has 0 bridgehead atoms. The highest BCUT2D eigenvalue weighted by Gasteiger charge is 2.17. The SMILES string of the molecule is Brc1cccc(OCCN2CCN(Cc3ccccn3)CC2)c1. The molecule has 2 heterocycles. The van der Waals surface area contributed by atoms with Gasteiger partial charge in [0.15, 0.2) is 0 Å². The Hall–Kier alpha value is -1.43. The van der Waals surface area contributed by atoms with E-state index >= 15 is 0 Å². The van der Waals surface area contributed by atoms with Crippen molar-refractivity contribution in [1.29, 1.82) is 0 Å². The van der Waals surface area contributed by atoms with Crippen molar-refractivity contribution >= 4 is 15.9 Å². The van der Waals surface area contributed by atoms with Crippen molar-refractivity contribution in [3.63, 3.8) is 0 Å². The summed E-state index contributed by atoms with van der Waals surface area (Å²) in [6, 6.07) is 14.1. The lowest BCUT2D eigenvalue weighted by molar-refractivity contribution is 0.111. The van der Waals surface area contributed by atoms with Crippen LogP contribution in [0.4, 0.5) is 0 Å². The third-order valence-corrected chi connectivity index (χ3v) is 4.54. The molecule has 0 saturated carbocycles. The van der Waals surface area contributed by atoms with E-state index in [-0.39, 0.29) is 0 Å². The van der Waals surface area contributed by atoms with Gasteiger partial charge in [0.1, 0.15) is 12.4 Å². The maximum absolute atomic E-state index is 5.82. The third-order valence-electron chi connectivity index (χ3n) is 4.05. The monoisotopic (exact) mass is 375 g/mol. The predicted molar refractivity (Wildman–Crippen MR) is 95.6 cm³/mol. The minimum Gasteiger partial charge on any atom is -0.492 e. The smallest absolute Gasteiger partial charge is 0.120 e. The van der Waals surface area contributed by atoms with Gasteiger partial charge in [-0.1, -0.05) is 28.1 Å². The molecular formula is C18H22BrN3O. The minimum absolute atomic E-state index is 0.733. The number of rotatable bonds is 6. The van der Waals surface area contributed by atoms with Crippen LogP contribution in [0.5, 0.6) is 5.75 Å². The summed E-state index contributed by atoms with van der Waals surface area (Å²) in [4.78, 5) is 9.33. The molecule has 0 spiro atoms. The molecule has 0 unspecified atom stereocenters. The molecule has 1 saturated heterocycles. The van der Waals surface area contributed by atoms with Crippen LogP contribution in [0, 0.1) is 0 Å². The zero-order valence-corrected chi connectivity index (χ0v) is 14.8. The highest BCUT2D eigenvalue weighted by molar-refractivity contribution is 9.10. The standard InChI is InChI=1S/C18H22BrN3O/c19-16-4-3-6-18(14-16)23-13-12-21-8-10-22(11-9-21)15-17-5-1-2-7-20-17/h1-7,14H,8-13,15H2. The molecule has 0 amide bonds. The molecule has 1 aliphatic rings. The summed E-state index contributed by atoms with van der Waals surface area (Å²) < 4.78 is 6.87. The number of nitrogens with zero attached hydrogens (tertiary/aromatic N) is 3. The van der Waals surface area contributed by atoms with E-state index in [2.05, 4.69) is 42.8 Å². The van der Waals surface area contributed by atoms with Crippen molar-refractivity contribution in [2.24, 2.45) is 0 Å². The topological polar surface area (TPSA) is 28.6 Å². The Balaban J connectivity index is 1.36. The lowest BCUT2D eigenvalue weighted by atomic mass is 10.2. The molecule has 0 aliphatic carbocycles. The summed E-state index contributed by atoms with van der Waals surface area (Å²) in [5, 5.41) is 0. The van der Waals surface area contributed by atoms with Gasteiger partial charge in [-0.25, -0.2) is 0 Å². The van der Waals surface area contributed by atoms with Crippen LogP contribution in [0.2, 0.25) is 0 Å². The number of hydrogen-bond acceptors (Lipinski definition) is 4. The lowest BCUT2D eigenvalue weighted by Gasteiger charge is -2.34. The second-order valence-corrected chi connectivity index (χ2v) is 6.66. The average molecular weight is 376 g/mol. The first-order valence-electron chi connectivity index (χ1n) is 8.02. The molecule has 1 aromatic heterocycles. The average Bonchev–Trinajstić information content (AvgIpc) is 2.58. The van der Waals surface area contributed by atoms with Gasteiger partial charge >= 0.3 is 0 Å². The number of halogens is 1.